The minimum atomic E-state index is 0.308. The summed E-state index contributed by atoms with van der Waals surface area (Å²) >= 11 is 0. The van der Waals surface area contributed by atoms with Gasteiger partial charge in [0.2, 0.25) is 0 Å². The maximum atomic E-state index is 6.20. The van der Waals surface area contributed by atoms with Crippen molar-refractivity contribution < 1.29 is 9.47 Å². The maximum absolute atomic E-state index is 6.20. The predicted molar refractivity (Wildman–Crippen MR) is 92.9 cm³/mol. The molecule has 0 radical (unpaired) electrons. The molecular formula is C20H23NO2. The molecule has 1 aliphatic carbocycles. The quantitative estimate of drug-likeness (QED) is 0.790. The van der Waals surface area contributed by atoms with Crippen molar-refractivity contribution in [1.82, 2.24) is 4.98 Å². The summed E-state index contributed by atoms with van der Waals surface area (Å²) < 4.78 is 11.7. The first-order valence-corrected chi connectivity index (χ1v) is 8.24. The van der Waals surface area contributed by atoms with Crippen molar-refractivity contribution in [3.05, 3.63) is 59.9 Å². The van der Waals surface area contributed by atoms with Gasteiger partial charge < -0.3 is 9.47 Å². The molecule has 1 saturated carbocycles. The van der Waals surface area contributed by atoms with E-state index in [1.807, 2.05) is 37.4 Å². The largest absolute Gasteiger partial charge is 0.493 e. The molecule has 1 aromatic heterocycles. The van der Waals surface area contributed by atoms with Gasteiger partial charge in [0.25, 0.3) is 0 Å². The third kappa shape index (κ3) is 3.55. The van der Waals surface area contributed by atoms with Gasteiger partial charge in [0.05, 0.1) is 18.9 Å². The number of pyridine rings is 1. The van der Waals surface area contributed by atoms with Crippen LogP contribution in [-0.4, -0.2) is 18.2 Å². The summed E-state index contributed by atoms with van der Waals surface area (Å²) in [7, 11) is 1.69. The van der Waals surface area contributed by atoms with E-state index >= 15 is 0 Å². The lowest BCUT2D eigenvalue weighted by molar-refractivity contribution is 0.201. The molecule has 0 unspecified atom stereocenters. The average Bonchev–Trinajstić information content (AvgIpc) is 3.10. The van der Waals surface area contributed by atoms with Gasteiger partial charge >= 0.3 is 0 Å². The highest BCUT2D eigenvalue weighted by Gasteiger charge is 2.19. The van der Waals surface area contributed by atoms with Crippen molar-refractivity contribution in [3.8, 4) is 11.5 Å². The summed E-state index contributed by atoms with van der Waals surface area (Å²) in [5, 5.41) is 0. The number of rotatable bonds is 5. The van der Waals surface area contributed by atoms with Crippen molar-refractivity contribution in [1.29, 1.82) is 0 Å². The van der Waals surface area contributed by atoms with Crippen molar-refractivity contribution in [2.75, 3.05) is 7.11 Å². The van der Waals surface area contributed by atoms with Gasteiger partial charge in [0, 0.05) is 11.8 Å². The van der Waals surface area contributed by atoms with Gasteiger partial charge in [-0.25, -0.2) is 0 Å². The molecule has 1 aliphatic rings. The molecule has 0 amide bonds. The molecule has 23 heavy (non-hydrogen) atoms. The van der Waals surface area contributed by atoms with Crippen molar-refractivity contribution in [3.63, 3.8) is 0 Å². The van der Waals surface area contributed by atoms with Crippen LogP contribution >= 0.6 is 0 Å². The number of hydrogen-bond acceptors (Lipinski definition) is 3. The Hall–Kier alpha value is -2.29. The lowest BCUT2D eigenvalue weighted by Crippen LogP contribution is -2.11. The van der Waals surface area contributed by atoms with Gasteiger partial charge in [-0.15, -0.1) is 0 Å². The van der Waals surface area contributed by atoms with E-state index in [4.69, 9.17) is 9.47 Å². The molecule has 3 rings (SSSR count). The number of allylic oxidation sites excluding steroid dienone is 1. The first kappa shape index (κ1) is 15.6. The molecule has 0 N–H and O–H groups in total. The summed E-state index contributed by atoms with van der Waals surface area (Å²) in [6, 6.07) is 12.1. The second-order valence-electron chi connectivity index (χ2n) is 5.81. The molecule has 0 atom stereocenters. The topological polar surface area (TPSA) is 31.4 Å². The Kier molecular flexibility index (Phi) is 4.96. The van der Waals surface area contributed by atoms with Crippen molar-refractivity contribution >= 4 is 5.57 Å². The summed E-state index contributed by atoms with van der Waals surface area (Å²) in [5.41, 5.74) is 3.16. The Bertz CT molecular complexity index is 673. The van der Waals surface area contributed by atoms with Crippen LogP contribution < -0.4 is 9.47 Å². The standard InChI is InChI=1S/C20H23NO2/c1-3-17(18-10-6-7-13-21-18)15-11-12-19(22-2)20(14-15)23-16-8-4-5-9-16/h3,6-7,10-14,16H,4-5,8-9H2,1-2H3. The van der Waals surface area contributed by atoms with Crippen molar-refractivity contribution in [2.24, 2.45) is 0 Å². The molecule has 2 aromatic rings. The van der Waals surface area contributed by atoms with Crippen LogP contribution in [0, 0.1) is 0 Å². The van der Waals surface area contributed by atoms with Crippen molar-refractivity contribution in [2.45, 2.75) is 38.7 Å². The second-order valence-corrected chi connectivity index (χ2v) is 5.81. The average molecular weight is 309 g/mol. The van der Waals surface area contributed by atoms with E-state index in [0.29, 0.717) is 6.10 Å². The Morgan fingerprint density at radius 3 is 2.61 bits per heavy atom. The molecule has 120 valence electrons. The summed E-state index contributed by atoms with van der Waals surface area (Å²) in [6.45, 7) is 2.03. The molecule has 1 fully saturated rings. The van der Waals surface area contributed by atoms with Crippen LogP contribution in [0.3, 0.4) is 0 Å². The second kappa shape index (κ2) is 7.32. The van der Waals surface area contributed by atoms with Crippen LogP contribution in [0.25, 0.3) is 5.57 Å². The summed E-state index contributed by atoms with van der Waals surface area (Å²) in [6.07, 6.45) is 8.97. The van der Waals surface area contributed by atoms with Gasteiger partial charge in [-0.05, 0) is 62.4 Å². The van der Waals surface area contributed by atoms with E-state index in [1.165, 1.54) is 12.8 Å². The molecule has 3 heteroatoms. The van der Waals surface area contributed by atoms with Crippen LogP contribution in [0.15, 0.2) is 48.7 Å². The van der Waals surface area contributed by atoms with Gasteiger partial charge in [-0.2, -0.15) is 0 Å². The normalized spacial score (nSPS) is 15.7. The van der Waals surface area contributed by atoms with Crippen LogP contribution in [-0.2, 0) is 0 Å². The highest BCUT2D eigenvalue weighted by molar-refractivity contribution is 5.78. The number of nitrogens with zero attached hydrogens (tertiary/aromatic N) is 1. The van der Waals surface area contributed by atoms with Crippen LogP contribution in [0.1, 0.15) is 43.9 Å². The summed E-state index contributed by atoms with van der Waals surface area (Å²) in [4.78, 5) is 4.46. The fourth-order valence-electron chi connectivity index (χ4n) is 3.11. The maximum Gasteiger partial charge on any atom is 0.162 e. The van der Waals surface area contributed by atoms with Gasteiger partial charge in [-0.3, -0.25) is 4.98 Å². The molecule has 1 aromatic carbocycles. The molecule has 0 saturated heterocycles. The zero-order chi connectivity index (χ0) is 16.1. The summed E-state index contributed by atoms with van der Waals surface area (Å²) in [5.74, 6) is 1.62. The lowest BCUT2D eigenvalue weighted by Gasteiger charge is -2.17. The monoisotopic (exact) mass is 309 g/mol. The highest BCUT2D eigenvalue weighted by atomic mass is 16.5. The SMILES string of the molecule is CC=C(c1ccc(OC)c(OC2CCCC2)c1)c1ccccn1. The molecule has 0 bridgehead atoms. The van der Waals surface area contributed by atoms with E-state index in [1.54, 1.807) is 7.11 Å². The number of benzene rings is 1. The van der Waals surface area contributed by atoms with E-state index in [2.05, 4.69) is 23.2 Å². The number of aromatic nitrogens is 1. The highest BCUT2D eigenvalue weighted by Crippen LogP contribution is 2.35. The number of hydrogen-bond donors (Lipinski definition) is 0. The van der Waals surface area contributed by atoms with E-state index in [0.717, 1.165) is 41.2 Å². The number of ether oxygens (including phenoxy) is 2. The van der Waals surface area contributed by atoms with Crippen LogP contribution in [0.2, 0.25) is 0 Å². The van der Waals surface area contributed by atoms with E-state index < -0.39 is 0 Å². The molecular weight excluding hydrogens is 286 g/mol. The molecule has 3 nitrogen and oxygen atoms in total. The van der Waals surface area contributed by atoms with E-state index in [9.17, 15) is 0 Å². The number of methoxy groups -OCH3 is 1. The van der Waals surface area contributed by atoms with Crippen LogP contribution in [0.5, 0.6) is 11.5 Å². The fraction of sp³-hybridized carbons (Fsp3) is 0.350. The van der Waals surface area contributed by atoms with Gasteiger partial charge in [0.1, 0.15) is 0 Å². The first-order valence-electron chi connectivity index (χ1n) is 8.24. The Morgan fingerprint density at radius 2 is 1.96 bits per heavy atom. The minimum absolute atomic E-state index is 0.308. The first-order chi connectivity index (χ1) is 11.3. The Labute approximate surface area is 138 Å². The van der Waals surface area contributed by atoms with E-state index in [-0.39, 0.29) is 0 Å². The Balaban J connectivity index is 1.93. The van der Waals surface area contributed by atoms with Gasteiger partial charge in [0.15, 0.2) is 11.5 Å². The van der Waals surface area contributed by atoms with Crippen LogP contribution in [0.4, 0.5) is 0 Å². The minimum Gasteiger partial charge on any atom is -0.493 e. The fourth-order valence-corrected chi connectivity index (χ4v) is 3.11. The third-order valence-electron chi connectivity index (χ3n) is 4.30. The molecule has 1 heterocycles. The zero-order valence-corrected chi connectivity index (χ0v) is 13.8. The predicted octanol–water partition coefficient (Wildman–Crippen LogP) is 4.86. The molecule has 0 aliphatic heterocycles. The smallest absolute Gasteiger partial charge is 0.162 e. The third-order valence-corrected chi connectivity index (χ3v) is 4.30. The van der Waals surface area contributed by atoms with Gasteiger partial charge in [-0.1, -0.05) is 18.2 Å². The molecule has 0 spiro atoms. The Morgan fingerprint density at radius 1 is 1.13 bits per heavy atom. The lowest BCUT2D eigenvalue weighted by atomic mass is 10.0. The zero-order valence-electron chi connectivity index (χ0n) is 13.8.